The van der Waals surface area contributed by atoms with Gasteiger partial charge in [-0.1, -0.05) is 115 Å². The summed E-state index contributed by atoms with van der Waals surface area (Å²) < 4.78 is 12.7. The third-order valence-corrected chi connectivity index (χ3v) is 9.34. The first kappa shape index (κ1) is 28.2. The summed E-state index contributed by atoms with van der Waals surface area (Å²) >= 11 is 0. The zero-order chi connectivity index (χ0) is 33.0. The molecule has 0 atom stereocenters. The van der Waals surface area contributed by atoms with Crippen LogP contribution in [-0.2, 0) is 0 Å². The summed E-state index contributed by atoms with van der Waals surface area (Å²) in [7, 11) is 0. The Morgan fingerprint density at radius 3 is 1.18 bits per heavy atom. The summed E-state index contributed by atoms with van der Waals surface area (Å²) in [6.45, 7) is 0. The molecule has 50 heavy (non-hydrogen) atoms. The van der Waals surface area contributed by atoms with E-state index in [1.807, 2.05) is 91.0 Å². The van der Waals surface area contributed by atoms with Gasteiger partial charge in [0.2, 0.25) is 0 Å². The summed E-state index contributed by atoms with van der Waals surface area (Å²) in [5, 5.41) is 4.41. The fourth-order valence-electron chi connectivity index (χ4n) is 6.82. The van der Waals surface area contributed by atoms with Crippen LogP contribution in [-0.4, -0.2) is 15.0 Å². The number of furan rings is 2. The van der Waals surface area contributed by atoms with Crippen LogP contribution < -0.4 is 0 Å². The van der Waals surface area contributed by atoms with Crippen molar-refractivity contribution in [3.05, 3.63) is 164 Å². The van der Waals surface area contributed by atoms with Gasteiger partial charge in [0.15, 0.2) is 17.5 Å². The van der Waals surface area contributed by atoms with Crippen molar-refractivity contribution < 1.29 is 8.83 Å². The predicted molar refractivity (Wildman–Crippen MR) is 202 cm³/mol. The standard InChI is InChI=1S/C45H27N3O2/c1-3-10-28(11-4-1)43-46-44(29-12-5-2-6-13-29)48-45(47-43)34-15-9-14-30(24-34)31-18-22-37-38-23-20-33(27-42(38)50-41(37)25-31)32-19-21-36-35-16-7-8-17-39(35)49-40(36)26-32/h1-27H. The maximum atomic E-state index is 6.50. The number of aromatic nitrogens is 3. The maximum Gasteiger partial charge on any atom is 0.164 e. The molecule has 7 aromatic carbocycles. The number of hydrogen-bond donors (Lipinski definition) is 0. The fourth-order valence-corrected chi connectivity index (χ4v) is 6.82. The van der Waals surface area contributed by atoms with Crippen LogP contribution in [0.3, 0.4) is 0 Å². The smallest absolute Gasteiger partial charge is 0.164 e. The van der Waals surface area contributed by atoms with Crippen molar-refractivity contribution in [2.75, 3.05) is 0 Å². The van der Waals surface area contributed by atoms with Gasteiger partial charge in [-0.2, -0.15) is 0 Å². The lowest BCUT2D eigenvalue weighted by Gasteiger charge is -2.09. The second-order valence-corrected chi connectivity index (χ2v) is 12.5. The maximum absolute atomic E-state index is 6.50. The molecule has 0 fully saturated rings. The Balaban J connectivity index is 1.02. The van der Waals surface area contributed by atoms with E-state index in [1.54, 1.807) is 0 Å². The zero-order valence-corrected chi connectivity index (χ0v) is 26.7. The van der Waals surface area contributed by atoms with Crippen LogP contribution in [0, 0.1) is 0 Å². The van der Waals surface area contributed by atoms with Crippen LogP contribution in [0.4, 0.5) is 0 Å². The molecule has 10 rings (SSSR count). The highest BCUT2D eigenvalue weighted by Gasteiger charge is 2.15. The molecular formula is C45H27N3O2. The molecule has 5 heteroatoms. The first-order valence-electron chi connectivity index (χ1n) is 16.6. The van der Waals surface area contributed by atoms with Gasteiger partial charge in [-0.3, -0.25) is 0 Å². The number of rotatable bonds is 5. The van der Waals surface area contributed by atoms with Crippen LogP contribution in [0.5, 0.6) is 0 Å². The minimum absolute atomic E-state index is 0.623. The van der Waals surface area contributed by atoms with Crippen LogP contribution >= 0.6 is 0 Å². The number of para-hydroxylation sites is 1. The lowest BCUT2D eigenvalue weighted by atomic mass is 10.00. The van der Waals surface area contributed by atoms with Crippen molar-refractivity contribution in [1.29, 1.82) is 0 Å². The Labute approximate surface area is 287 Å². The van der Waals surface area contributed by atoms with Gasteiger partial charge in [-0.15, -0.1) is 0 Å². The van der Waals surface area contributed by atoms with E-state index in [-0.39, 0.29) is 0 Å². The number of benzene rings is 7. The second-order valence-electron chi connectivity index (χ2n) is 12.5. The first-order valence-corrected chi connectivity index (χ1v) is 16.6. The van der Waals surface area contributed by atoms with Gasteiger partial charge in [0.25, 0.3) is 0 Å². The Morgan fingerprint density at radius 2 is 0.640 bits per heavy atom. The van der Waals surface area contributed by atoms with Crippen molar-refractivity contribution in [2.45, 2.75) is 0 Å². The van der Waals surface area contributed by atoms with E-state index in [0.717, 1.165) is 82.8 Å². The molecule has 3 aromatic heterocycles. The molecule has 0 saturated carbocycles. The molecule has 5 nitrogen and oxygen atoms in total. The molecule has 0 unspecified atom stereocenters. The molecule has 0 radical (unpaired) electrons. The monoisotopic (exact) mass is 641 g/mol. The van der Waals surface area contributed by atoms with Gasteiger partial charge in [0.05, 0.1) is 0 Å². The SMILES string of the molecule is c1ccc(-c2nc(-c3ccccc3)nc(-c3cccc(-c4ccc5c(c4)oc4cc(-c6ccc7c(c6)oc6ccccc67)ccc45)c3)n2)cc1. The molecule has 0 aliphatic carbocycles. The summed E-state index contributed by atoms with van der Waals surface area (Å²) in [6, 6.07) is 55.8. The molecule has 3 heterocycles. The quantitative estimate of drug-likeness (QED) is 0.187. The van der Waals surface area contributed by atoms with E-state index >= 15 is 0 Å². The first-order chi connectivity index (χ1) is 24.7. The summed E-state index contributed by atoms with van der Waals surface area (Å²) in [4.78, 5) is 14.7. The van der Waals surface area contributed by atoms with Gasteiger partial charge >= 0.3 is 0 Å². The molecule has 0 saturated heterocycles. The van der Waals surface area contributed by atoms with Gasteiger partial charge in [-0.05, 0) is 70.8 Å². The average molecular weight is 642 g/mol. The highest BCUT2D eigenvalue weighted by molar-refractivity contribution is 6.08. The van der Waals surface area contributed by atoms with Gasteiger partial charge in [-0.25, -0.2) is 15.0 Å². The van der Waals surface area contributed by atoms with Crippen molar-refractivity contribution in [3.8, 4) is 56.4 Å². The van der Waals surface area contributed by atoms with Crippen molar-refractivity contribution in [2.24, 2.45) is 0 Å². The Hall–Kier alpha value is -6.85. The van der Waals surface area contributed by atoms with Crippen LogP contribution in [0.2, 0.25) is 0 Å². The van der Waals surface area contributed by atoms with Crippen LogP contribution in [0.1, 0.15) is 0 Å². The summed E-state index contributed by atoms with van der Waals surface area (Å²) in [6.07, 6.45) is 0. The normalized spacial score (nSPS) is 11.6. The molecule has 0 aliphatic heterocycles. The highest BCUT2D eigenvalue weighted by atomic mass is 16.3. The average Bonchev–Trinajstić information content (AvgIpc) is 3.75. The third-order valence-electron chi connectivity index (χ3n) is 9.34. The zero-order valence-electron chi connectivity index (χ0n) is 26.7. The number of nitrogens with zero attached hydrogens (tertiary/aromatic N) is 3. The Kier molecular flexibility index (Phi) is 6.42. The van der Waals surface area contributed by atoms with Crippen molar-refractivity contribution in [1.82, 2.24) is 15.0 Å². The molecule has 0 bridgehead atoms. The Bertz CT molecular complexity index is 2810. The number of fused-ring (bicyclic) bond motifs is 6. The fraction of sp³-hybridized carbons (Fsp3) is 0. The van der Waals surface area contributed by atoms with Gasteiger partial charge < -0.3 is 8.83 Å². The molecule has 10 aromatic rings. The van der Waals surface area contributed by atoms with Gasteiger partial charge in [0.1, 0.15) is 22.3 Å². The molecule has 0 spiro atoms. The van der Waals surface area contributed by atoms with E-state index in [0.29, 0.717) is 17.5 Å². The lowest BCUT2D eigenvalue weighted by Crippen LogP contribution is -2.00. The molecular weight excluding hydrogens is 615 g/mol. The van der Waals surface area contributed by atoms with Crippen molar-refractivity contribution in [3.63, 3.8) is 0 Å². The highest BCUT2D eigenvalue weighted by Crippen LogP contribution is 2.37. The van der Waals surface area contributed by atoms with E-state index in [4.69, 9.17) is 23.8 Å². The largest absolute Gasteiger partial charge is 0.456 e. The van der Waals surface area contributed by atoms with E-state index in [9.17, 15) is 0 Å². The topological polar surface area (TPSA) is 65.0 Å². The third kappa shape index (κ3) is 4.83. The minimum atomic E-state index is 0.623. The molecule has 234 valence electrons. The van der Waals surface area contributed by atoms with Gasteiger partial charge in [0, 0.05) is 38.2 Å². The van der Waals surface area contributed by atoms with E-state index in [1.165, 1.54) is 0 Å². The van der Waals surface area contributed by atoms with Crippen LogP contribution in [0.25, 0.3) is 100 Å². The van der Waals surface area contributed by atoms with E-state index < -0.39 is 0 Å². The molecule has 0 aliphatic rings. The van der Waals surface area contributed by atoms with E-state index in [2.05, 4.69) is 72.8 Å². The van der Waals surface area contributed by atoms with Crippen molar-refractivity contribution >= 4 is 43.9 Å². The number of hydrogen-bond acceptors (Lipinski definition) is 5. The Morgan fingerprint density at radius 1 is 0.260 bits per heavy atom. The predicted octanol–water partition coefficient (Wildman–Crippen LogP) is 12.0. The second kappa shape index (κ2) is 11.4. The molecule has 0 amide bonds. The van der Waals surface area contributed by atoms with Crippen LogP contribution in [0.15, 0.2) is 173 Å². The minimum Gasteiger partial charge on any atom is -0.456 e. The summed E-state index contributed by atoms with van der Waals surface area (Å²) in [5.74, 6) is 1.90. The lowest BCUT2D eigenvalue weighted by molar-refractivity contribution is 0.668. The summed E-state index contributed by atoms with van der Waals surface area (Å²) in [5.41, 5.74) is 10.5. The molecule has 0 N–H and O–H groups in total.